The Morgan fingerprint density at radius 2 is 2.00 bits per heavy atom. The molecule has 20 heavy (non-hydrogen) atoms. The average molecular weight is 267 g/mol. The average Bonchev–Trinajstić information content (AvgIpc) is 2.49. The van der Waals surface area contributed by atoms with Crippen LogP contribution in [0.15, 0.2) is 48.5 Å². The van der Waals surface area contributed by atoms with E-state index in [1.807, 2.05) is 30.3 Å². The second kappa shape index (κ2) is 5.49. The molecule has 2 aromatic rings. The lowest BCUT2D eigenvalue weighted by atomic mass is 9.73. The molecule has 1 heterocycles. The van der Waals surface area contributed by atoms with Crippen molar-refractivity contribution in [3.05, 3.63) is 59.7 Å². The fraction of sp³-hybridized carbons (Fsp3) is 0.133. The van der Waals surface area contributed by atoms with E-state index in [2.05, 4.69) is 5.32 Å². The van der Waals surface area contributed by atoms with Gasteiger partial charge in [-0.2, -0.15) is 0 Å². The van der Waals surface area contributed by atoms with Crippen LogP contribution in [0.4, 0.5) is 5.69 Å². The van der Waals surface area contributed by atoms with Crippen LogP contribution in [0, 0.1) is 0 Å². The lowest BCUT2D eigenvalue weighted by Gasteiger charge is -2.19. The van der Waals surface area contributed by atoms with Gasteiger partial charge in [-0.3, -0.25) is 4.79 Å². The molecule has 0 bridgehead atoms. The van der Waals surface area contributed by atoms with Gasteiger partial charge in [0.2, 0.25) is 0 Å². The van der Waals surface area contributed by atoms with Crippen molar-refractivity contribution in [2.45, 2.75) is 6.42 Å². The molecule has 0 saturated carbocycles. The highest BCUT2D eigenvalue weighted by Crippen LogP contribution is 2.13. The van der Waals surface area contributed by atoms with Crippen LogP contribution in [0.5, 0.6) is 0 Å². The lowest BCUT2D eigenvalue weighted by Crippen LogP contribution is -2.41. The number of hydrogen-bond donors (Lipinski definition) is 2. The second-order valence-corrected chi connectivity index (χ2v) is 4.71. The summed E-state index contributed by atoms with van der Waals surface area (Å²) in [6, 6.07) is 14.5. The van der Waals surface area contributed by atoms with Crippen molar-refractivity contribution in [2.75, 3.05) is 11.9 Å². The van der Waals surface area contributed by atoms with Gasteiger partial charge in [0.1, 0.15) is 0 Å². The van der Waals surface area contributed by atoms with Crippen molar-refractivity contribution in [3.8, 4) is 0 Å². The van der Waals surface area contributed by atoms with Crippen LogP contribution in [0.2, 0.25) is 0 Å². The van der Waals surface area contributed by atoms with Gasteiger partial charge in [-0.15, -0.1) is 0 Å². The normalized spacial score (nSPS) is 13.8. The molecule has 2 N–H and O–H groups in total. The zero-order chi connectivity index (χ0) is 13.9. The molecular weight excluding hydrogens is 253 g/mol. The quantitative estimate of drug-likeness (QED) is 0.804. The Hall–Kier alpha value is -2.11. The maximum absolute atomic E-state index is 12.1. The molecule has 1 aliphatic rings. The van der Waals surface area contributed by atoms with Crippen LogP contribution >= 0.6 is 0 Å². The molecular formula is C15H14BNO3. The number of fused-ring (bicyclic) bond motifs is 1. The van der Waals surface area contributed by atoms with E-state index in [9.17, 15) is 9.82 Å². The molecule has 0 fully saturated rings. The maximum Gasteiger partial charge on any atom is 0.491 e. The van der Waals surface area contributed by atoms with Gasteiger partial charge in [-0.25, -0.2) is 0 Å². The van der Waals surface area contributed by atoms with Gasteiger partial charge >= 0.3 is 7.12 Å². The summed E-state index contributed by atoms with van der Waals surface area (Å²) < 4.78 is 5.19. The molecule has 0 spiro atoms. The van der Waals surface area contributed by atoms with E-state index in [0.717, 1.165) is 17.4 Å². The topological polar surface area (TPSA) is 58.6 Å². The van der Waals surface area contributed by atoms with Crippen LogP contribution in [0.1, 0.15) is 15.9 Å². The zero-order valence-electron chi connectivity index (χ0n) is 10.9. The first-order valence-corrected chi connectivity index (χ1v) is 6.53. The summed E-state index contributed by atoms with van der Waals surface area (Å²) in [5.74, 6) is -0.170. The highest BCUT2D eigenvalue weighted by molar-refractivity contribution is 6.61. The molecule has 0 saturated heterocycles. The third-order valence-corrected chi connectivity index (χ3v) is 3.35. The number of amides is 1. The van der Waals surface area contributed by atoms with Crippen molar-refractivity contribution in [3.63, 3.8) is 0 Å². The summed E-state index contributed by atoms with van der Waals surface area (Å²) in [5.41, 5.74) is 3.03. The molecule has 3 rings (SSSR count). The van der Waals surface area contributed by atoms with E-state index in [1.165, 1.54) is 0 Å². The monoisotopic (exact) mass is 267 g/mol. The Bertz CT molecular complexity index is 630. The number of benzene rings is 2. The molecule has 5 heteroatoms. The van der Waals surface area contributed by atoms with Crippen molar-refractivity contribution in [2.24, 2.45) is 0 Å². The molecule has 1 aliphatic heterocycles. The van der Waals surface area contributed by atoms with Crippen LogP contribution in [0.3, 0.4) is 0 Å². The first-order chi connectivity index (χ1) is 9.74. The molecule has 100 valence electrons. The zero-order valence-corrected chi connectivity index (χ0v) is 10.9. The number of carbonyl (C=O) groups excluding carboxylic acids is 1. The Balaban J connectivity index is 1.82. The third-order valence-electron chi connectivity index (χ3n) is 3.35. The molecule has 2 aromatic carbocycles. The molecule has 0 aromatic heterocycles. The van der Waals surface area contributed by atoms with E-state index >= 15 is 0 Å². The fourth-order valence-electron chi connectivity index (χ4n) is 2.29. The minimum Gasteiger partial charge on any atom is -0.423 e. The minimum absolute atomic E-state index is 0.170. The Morgan fingerprint density at radius 3 is 2.80 bits per heavy atom. The molecule has 0 radical (unpaired) electrons. The van der Waals surface area contributed by atoms with E-state index in [4.69, 9.17) is 4.65 Å². The van der Waals surface area contributed by atoms with Crippen LogP contribution < -0.4 is 10.8 Å². The molecule has 0 aliphatic carbocycles. The Kier molecular flexibility index (Phi) is 3.54. The smallest absolute Gasteiger partial charge is 0.423 e. The number of nitrogens with one attached hydrogen (secondary N) is 1. The number of anilines is 1. The highest BCUT2D eigenvalue weighted by Gasteiger charge is 2.24. The maximum atomic E-state index is 12.1. The number of carbonyl (C=O) groups is 1. The van der Waals surface area contributed by atoms with E-state index < -0.39 is 7.12 Å². The van der Waals surface area contributed by atoms with Crippen molar-refractivity contribution < 1.29 is 14.5 Å². The van der Waals surface area contributed by atoms with Gasteiger partial charge in [0.15, 0.2) is 0 Å². The predicted molar refractivity (Wildman–Crippen MR) is 78.1 cm³/mol. The van der Waals surface area contributed by atoms with Gasteiger partial charge in [0.25, 0.3) is 5.91 Å². The summed E-state index contributed by atoms with van der Waals surface area (Å²) in [4.78, 5) is 12.1. The summed E-state index contributed by atoms with van der Waals surface area (Å²) in [7, 11) is -0.910. The summed E-state index contributed by atoms with van der Waals surface area (Å²) >= 11 is 0. The number of hydrogen-bond acceptors (Lipinski definition) is 3. The molecule has 1 amide bonds. The number of rotatable bonds is 2. The standard InChI is InChI=1S/C15H14BNO3/c18-15(12-4-2-1-3-5-12)17-13-7-6-11-8-9-20-16(19)14(11)10-13/h1-7,10,19H,8-9H2,(H,17,18). The SMILES string of the molecule is O=C(Nc1ccc2c(c1)B(O)OCC2)c1ccccc1. The van der Waals surface area contributed by atoms with Crippen LogP contribution in [-0.4, -0.2) is 24.7 Å². The van der Waals surface area contributed by atoms with Crippen molar-refractivity contribution in [1.29, 1.82) is 0 Å². The molecule has 0 unspecified atom stereocenters. The van der Waals surface area contributed by atoms with Crippen molar-refractivity contribution >= 4 is 24.2 Å². The predicted octanol–water partition coefficient (Wildman–Crippen LogP) is 1.20. The van der Waals surface area contributed by atoms with Crippen LogP contribution in [0.25, 0.3) is 0 Å². The van der Waals surface area contributed by atoms with Crippen LogP contribution in [-0.2, 0) is 11.1 Å². The Morgan fingerprint density at radius 1 is 1.20 bits per heavy atom. The summed E-state index contributed by atoms with van der Waals surface area (Å²) in [5, 5.41) is 12.6. The van der Waals surface area contributed by atoms with Gasteiger partial charge in [0, 0.05) is 17.9 Å². The fourth-order valence-corrected chi connectivity index (χ4v) is 2.29. The summed E-state index contributed by atoms with van der Waals surface area (Å²) in [6.45, 7) is 0.518. The van der Waals surface area contributed by atoms with Gasteiger partial charge in [0.05, 0.1) is 0 Å². The Labute approximate surface area is 117 Å². The molecule has 4 nitrogen and oxygen atoms in total. The molecule has 0 atom stereocenters. The highest BCUT2D eigenvalue weighted by atomic mass is 16.5. The second-order valence-electron chi connectivity index (χ2n) is 4.71. The first-order valence-electron chi connectivity index (χ1n) is 6.53. The summed E-state index contributed by atoms with van der Waals surface area (Å²) in [6.07, 6.45) is 0.777. The minimum atomic E-state index is -0.910. The largest absolute Gasteiger partial charge is 0.491 e. The van der Waals surface area contributed by atoms with Gasteiger partial charge in [-0.1, -0.05) is 24.3 Å². The van der Waals surface area contributed by atoms with Gasteiger partial charge in [-0.05, 0) is 41.7 Å². The van der Waals surface area contributed by atoms with E-state index in [1.54, 1.807) is 18.2 Å². The van der Waals surface area contributed by atoms with E-state index in [-0.39, 0.29) is 5.91 Å². The first kappa shape index (κ1) is 12.9. The van der Waals surface area contributed by atoms with Gasteiger partial charge < -0.3 is 15.0 Å². The lowest BCUT2D eigenvalue weighted by molar-refractivity contribution is 0.102. The third kappa shape index (κ3) is 2.59. The van der Waals surface area contributed by atoms with E-state index in [0.29, 0.717) is 17.9 Å². The van der Waals surface area contributed by atoms with Crippen molar-refractivity contribution in [1.82, 2.24) is 0 Å².